The lowest BCUT2D eigenvalue weighted by Gasteiger charge is -2.06. The van der Waals surface area contributed by atoms with Gasteiger partial charge < -0.3 is 9.84 Å². The van der Waals surface area contributed by atoms with Crippen molar-refractivity contribution in [2.24, 2.45) is 0 Å². The average Bonchev–Trinajstić information content (AvgIpc) is 2.53. The van der Waals surface area contributed by atoms with Gasteiger partial charge in [-0.25, -0.2) is 4.79 Å². The van der Waals surface area contributed by atoms with Gasteiger partial charge in [0.2, 0.25) is 0 Å². The Morgan fingerprint density at radius 2 is 1.36 bits per heavy atom. The molecule has 0 aromatic heterocycles. The number of hydrogen-bond donors (Lipinski definition) is 1. The summed E-state index contributed by atoms with van der Waals surface area (Å²) in [5.74, 6) is -0.151. The summed E-state index contributed by atoms with van der Waals surface area (Å²) in [5.41, 5.74) is 0.297. The molecule has 0 unspecified atom stereocenters. The Hall–Kier alpha value is -1.51. The van der Waals surface area contributed by atoms with Crippen molar-refractivity contribution in [2.45, 2.75) is 71.1 Å². The van der Waals surface area contributed by atoms with Gasteiger partial charge in [0.15, 0.2) is 0 Å². The molecule has 0 radical (unpaired) electrons. The Bertz CT molecular complexity index is 398. The van der Waals surface area contributed by atoms with Gasteiger partial charge in [0.1, 0.15) is 5.75 Å². The fourth-order valence-electron chi connectivity index (χ4n) is 2.47. The SMILES string of the molecule is CCCCCCCCCCCCOc1ccc(C(=O)O)cc1. The summed E-state index contributed by atoms with van der Waals surface area (Å²) in [5, 5.41) is 8.81. The highest BCUT2D eigenvalue weighted by molar-refractivity contribution is 5.87. The third-order valence-electron chi connectivity index (χ3n) is 3.87. The molecule has 1 aromatic carbocycles. The Balaban J connectivity index is 1.94. The first-order valence-electron chi connectivity index (χ1n) is 8.70. The first kappa shape index (κ1) is 18.5. The molecule has 0 saturated carbocycles. The van der Waals surface area contributed by atoms with Crippen LogP contribution in [0.25, 0.3) is 0 Å². The maximum atomic E-state index is 10.7. The second kappa shape index (κ2) is 12.1. The summed E-state index contributed by atoms with van der Waals surface area (Å²) in [7, 11) is 0. The zero-order valence-electron chi connectivity index (χ0n) is 13.9. The number of hydrogen-bond acceptors (Lipinski definition) is 2. The zero-order chi connectivity index (χ0) is 16.0. The van der Waals surface area contributed by atoms with Crippen molar-refractivity contribution in [1.82, 2.24) is 0 Å². The van der Waals surface area contributed by atoms with E-state index in [1.807, 2.05) is 0 Å². The van der Waals surface area contributed by atoms with Crippen molar-refractivity contribution in [2.75, 3.05) is 6.61 Å². The average molecular weight is 306 g/mol. The van der Waals surface area contributed by atoms with Gasteiger partial charge in [-0.3, -0.25) is 0 Å². The molecule has 0 fully saturated rings. The number of unbranched alkanes of at least 4 members (excludes halogenated alkanes) is 9. The molecule has 0 aliphatic heterocycles. The van der Waals surface area contributed by atoms with E-state index in [9.17, 15) is 4.79 Å². The van der Waals surface area contributed by atoms with Crippen LogP contribution in [0.15, 0.2) is 24.3 Å². The Kier molecular flexibility index (Phi) is 10.2. The van der Waals surface area contributed by atoms with Crippen LogP contribution in [0.1, 0.15) is 81.5 Å². The first-order valence-corrected chi connectivity index (χ1v) is 8.70. The Morgan fingerprint density at radius 1 is 0.864 bits per heavy atom. The summed E-state index contributed by atoms with van der Waals surface area (Å²) in [6, 6.07) is 6.60. The largest absolute Gasteiger partial charge is 0.494 e. The molecule has 0 saturated heterocycles. The molecule has 1 N–H and O–H groups in total. The van der Waals surface area contributed by atoms with Crippen LogP contribution in [-0.2, 0) is 0 Å². The van der Waals surface area contributed by atoms with Gasteiger partial charge >= 0.3 is 5.97 Å². The molecule has 22 heavy (non-hydrogen) atoms. The lowest BCUT2D eigenvalue weighted by Crippen LogP contribution is -1.99. The molecule has 3 heteroatoms. The standard InChI is InChI=1S/C19H30O3/c1-2-3-4-5-6-7-8-9-10-11-16-22-18-14-12-17(13-15-18)19(20)21/h12-15H,2-11,16H2,1H3,(H,20,21). The van der Waals surface area contributed by atoms with E-state index in [0.717, 1.165) is 12.2 Å². The van der Waals surface area contributed by atoms with E-state index in [1.165, 1.54) is 57.8 Å². The monoisotopic (exact) mass is 306 g/mol. The number of carboxylic acid groups (broad SMARTS) is 1. The molecule has 124 valence electrons. The van der Waals surface area contributed by atoms with E-state index in [-0.39, 0.29) is 0 Å². The van der Waals surface area contributed by atoms with Crippen molar-refractivity contribution in [3.63, 3.8) is 0 Å². The molecular weight excluding hydrogens is 276 g/mol. The highest BCUT2D eigenvalue weighted by Gasteiger charge is 2.01. The maximum absolute atomic E-state index is 10.7. The normalized spacial score (nSPS) is 10.6. The highest BCUT2D eigenvalue weighted by atomic mass is 16.5. The summed E-state index contributed by atoms with van der Waals surface area (Å²) in [6.07, 6.45) is 13.1. The fraction of sp³-hybridized carbons (Fsp3) is 0.632. The predicted octanol–water partition coefficient (Wildman–Crippen LogP) is 5.68. The molecule has 0 bridgehead atoms. The Morgan fingerprint density at radius 3 is 1.86 bits per heavy atom. The van der Waals surface area contributed by atoms with Gasteiger partial charge in [-0.1, -0.05) is 64.7 Å². The molecule has 0 amide bonds. The maximum Gasteiger partial charge on any atom is 0.335 e. The van der Waals surface area contributed by atoms with Crippen molar-refractivity contribution in [1.29, 1.82) is 0 Å². The lowest BCUT2D eigenvalue weighted by atomic mass is 10.1. The molecule has 0 spiro atoms. The minimum atomic E-state index is -0.902. The van der Waals surface area contributed by atoms with E-state index < -0.39 is 5.97 Å². The van der Waals surface area contributed by atoms with Crippen LogP contribution in [0.4, 0.5) is 0 Å². The van der Waals surface area contributed by atoms with Gasteiger partial charge in [-0.05, 0) is 30.7 Å². The molecule has 0 aliphatic carbocycles. The number of carboxylic acids is 1. The summed E-state index contributed by atoms with van der Waals surface area (Å²) in [4.78, 5) is 10.7. The van der Waals surface area contributed by atoms with Crippen LogP contribution < -0.4 is 4.74 Å². The topological polar surface area (TPSA) is 46.5 Å². The van der Waals surface area contributed by atoms with Crippen LogP contribution in [-0.4, -0.2) is 17.7 Å². The second-order valence-electron chi connectivity index (χ2n) is 5.86. The van der Waals surface area contributed by atoms with Crippen LogP contribution in [0.3, 0.4) is 0 Å². The van der Waals surface area contributed by atoms with Crippen LogP contribution in [0.5, 0.6) is 5.75 Å². The van der Waals surface area contributed by atoms with E-state index in [0.29, 0.717) is 12.2 Å². The van der Waals surface area contributed by atoms with E-state index in [2.05, 4.69) is 6.92 Å². The molecule has 0 atom stereocenters. The number of rotatable bonds is 13. The minimum Gasteiger partial charge on any atom is -0.494 e. The third kappa shape index (κ3) is 8.71. The van der Waals surface area contributed by atoms with Crippen LogP contribution in [0.2, 0.25) is 0 Å². The highest BCUT2D eigenvalue weighted by Crippen LogP contribution is 2.14. The number of ether oxygens (including phenoxy) is 1. The fourth-order valence-corrected chi connectivity index (χ4v) is 2.47. The van der Waals surface area contributed by atoms with Crippen molar-refractivity contribution in [3.8, 4) is 5.75 Å². The lowest BCUT2D eigenvalue weighted by molar-refractivity contribution is 0.0697. The van der Waals surface area contributed by atoms with Crippen molar-refractivity contribution < 1.29 is 14.6 Å². The second-order valence-corrected chi connectivity index (χ2v) is 5.86. The van der Waals surface area contributed by atoms with Crippen LogP contribution in [0, 0.1) is 0 Å². The van der Waals surface area contributed by atoms with Gasteiger partial charge in [-0.2, -0.15) is 0 Å². The number of carbonyl (C=O) groups is 1. The molecular formula is C19H30O3. The number of benzene rings is 1. The summed E-state index contributed by atoms with van der Waals surface area (Å²) < 4.78 is 5.62. The van der Waals surface area contributed by atoms with E-state index in [1.54, 1.807) is 24.3 Å². The molecule has 1 rings (SSSR count). The zero-order valence-corrected chi connectivity index (χ0v) is 13.9. The smallest absolute Gasteiger partial charge is 0.335 e. The summed E-state index contributed by atoms with van der Waals surface area (Å²) in [6.45, 7) is 2.96. The van der Waals surface area contributed by atoms with Crippen molar-refractivity contribution in [3.05, 3.63) is 29.8 Å². The predicted molar refractivity (Wildman–Crippen MR) is 90.7 cm³/mol. The first-order chi connectivity index (χ1) is 10.7. The molecule has 0 heterocycles. The van der Waals surface area contributed by atoms with Gasteiger partial charge in [0.05, 0.1) is 12.2 Å². The van der Waals surface area contributed by atoms with Gasteiger partial charge in [-0.15, -0.1) is 0 Å². The number of aromatic carboxylic acids is 1. The Labute approximate surface area is 134 Å². The van der Waals surface area contributed by atoms with E-state index in [4.69, 9.17) is 9.84 Å². The van der Waals surface area contributed by atoms with Crippen molar-refractivity contribution >= 4 is 5.97 Å². The molecule has 0 aliphatic rings. The van der Waals surface area contributed by atoms with Crippen LogP contribution >= 0.6 is 0 Å². The van der Waals surface area contributed by atoms with E-state index >= 15 is 0 Å². The summed E-state index contributed by atoms with van der Waals surface area (Å²) >= 11 is 0. The van der Waals surface area contributed by atoms with Gasteiger partial charge in [0.25, 0.3) is 0 Å². The van der Waals surface area contributed by atoms with Gasteiger partial charge in [0, 0.05) is 0 Å². The minimum absolute atomic E-state index is 0.297. The molecule has 1 aromatic rings. The quantitative estimate of drug-likeness (QED) is 0.476. The third-order valence-corrected chi connectivity index (χ3v) is 3.87. The molecule has 3 nitrogen and oxygen atoms in total.